The molecule has 1 amide bonds. The number of piperidine rings is 1. The van der Waals surface area contributed by atoms with Gasteiger partial charge in [0.15, 0.2) is 0 Å². The van der Waals surface area contributed by atoms with E-state index in [1.54, 1.807) is 30.6 Å². The zero-order valence-electron chi connectivity index (χ0n) is 17.2. The van der Waals surface area contributed by atoms with Crippen LogP contribution in [0.25, 0.3) is 11.0 Å². The molecule has 1 aromatic carbocycles. The summed E-state index contributed by atoms with van der Waals surface area (Å²) in [6.07, 6.45) is 7.52. The Hall–Kier alpha value is -3.42. The number of amides is 1. The van der Waals surface area contributed by atoms with Crippen molar-refractivity contribution in [2.75, 3.05) is 18.0 Å². The van der Waals surface area contributed by atoms with Crippen molar-refractivity contribution in [2.24, 2.45) is 0 Å². The van der Waals surface area contributed by atoms with Crippen LogP contribution >= 0.6 is 0 Å². The number of nitrogens with one attached hydrogen (secondary N) is 1. The third-order valence-corrected chi connectivity index (χ3v) is 6.56. The van der Waals surface area contributed by atoms with Gasteiger partial charge in [-0.15, -0.1) is 0 Å². The molecule has 0 unspecified atom stereocenters. The second-order valence-electron chi connectivity index (χ2n) is 8.29. The van der Waals surface area contributed by atoms with Crippen molar-refractivity contribution in [3.05, 3.63) is 54.0 Å². The maximum atomic E-state index is 13.1. The Kier molecular flexibility index (Phi) is 5.05. The number of nitrogens with zero attached hydrogens (tertiary/aromatic N) is 4. The predicted octanol–water partition coefficient (Wildman–Crippen LogP) is 2.86. The fourth-order valence-corrected chi connectivity index (χ4v) is 5.05. The van der Waals surface area contributed by atoms with Crippen molar-refractivity contribution >= 4 is 28.7 Å². The van der Waals surface area contributed by atoms with Gasteiger partial charge in [-0.3, -0.25) is 4.79 Å². The Morgan fingerprint density at radius 3 is 2.71 bits per heavy atom. The number of aryl methyl sites for hydroxylation is 1. The summed E-state index contributed by atoms with van der Waals surface area (Å²) in [6, 6.07) is 9.28. The summed E-state index contributed by atoms with van der Waals surface area (Å²) in [4.78, 5) is 40.5. The largest absolute Gasteiger partial charge is 0.478 e. The maximum Gasteiger partial charge on any atom is 0.335 e. The molecule has 3 aromatic rings. The molecule has 0 radical (unpaired) electrons. The van der Waals surface area contributed by atoms with Crippen LogP contribution in [-0.4, -0.2) is 62.0 Å². The lowest BCUT2D eigenvalue weighted by Crippen LogP contribution is -2.52. The molecule has 8 nitrogen and oxygen atoms in total. The second-order valence-corrected chi connectivity index (χ2v) is 8.29. The number of aromatic amines is 1. The molecule has 4 heterocycles. The number of carbonyl (C=O) groups excluding carboxylic acids is 1. The van der Waals surface area contributed by atoms with E-state index >= 15 is 0 Å². The van der Waals surface area contributed by atoms with E-state index in [0.717, 1.165) is 54.8 Å². The number of aromatic nitrogens is 3. The molecule has 31 heavy (non-hydrogen) atoms. The van der Waals surface area contributed by atoms with Crippen LogP contribution in [0.4, 0.5) is 5.82 Å². The lowest BCUT2D eigenvalue weighted by Gasteiger charge is -2.40. The molecular formula is C23H25N5O3. The third-order valence-electron chi connectivity index (χ3n) is 6.56. The highest BCUT2D eigenvalue weighted by Gasteiger charge is 2.42. The van der Waals surface area contributed by atoms with Crippen LogP contribution in [-0.2, 0) is 11.2 Å². The normalized spacial score (nSPS) is 20.8. The van der Waals surface area contributed by atoms with Gasteiger partial charge in [-0.05, 0) is 49.4 Å². The Morgan fingerprint density at radius 2 is 1.90 bits per heavy atom. The molecule has 2 N–H and O–H groups in total. The van der Waals surface area contributed by atoms with Crippen LogP contribution in [0.15, 0.2) is 42.9 Å². The van der Waals surface area contributed by atoms with E-state index in [0.29, 0.717) is 12.8 Å². The molecule has 0 saturated carbocycles. The summed E-state index contributed by atoms with van der Waals surface area (Å²) in [6.45, 7) is 1.68. The number of carbonyl (C=O) groups is 2. The van der Waals surface area contributed by atoms with Crippen LogP contribution in [0.1, 0.15) is 41.6 Å². The minimum atomic E-state index is -0.937. The fraction of sp³-hybridized carbons (Fsp3) is 0.391. The monoisotopic (exact) mass is 419 g/mol. The standard InChI is InChI=1S/C23H25N5O3/c29-20(8-5-15-3-6-16(7-4-15)23(30)31)27-12-1-2-18-19(27)10-13-28(18)22-17-9-11-24-21(17)25-14-26-22/h3-4,6-7,9,11,14,18-19H,1-2,5,8,10,12-13H2,(H,30,31)(H,24,25,26)/t18-,19-/m1/s1. The van der Waals surface area contributed by atoms with Crippen molar-refractivity contribution < 1.29 is 14.7 Å². The third kappa shape index (κ3) is 3.62. The molecule has 2 aliphatic heterocycles. The number of rotatable bonds is 5. The molecule has 2 atom stereocenters. The van der Waals surface area contributed by atoms with Gasteiger partial charge in [-0.2, -0.15) is 0 Å². The molecule has 5 rings (SSSR count). The number of H-pyrrole nitrogens is 1. The van der Waals surface area contributed by atoms with Crippen LogP contribution < -0.4 is 4.90 Å². The Balaban J connectivity index is 1.27. The summed E-state index contributed by atoms with van der Waals surface area (Å²) >= 11 is 0. The summed E-state index contributed by atoms with van der Waals surface area (Å²) in [5, 5.41) is 10.1. The fourth-order valence-electron chi connectivity index (χ4n) is 5.05. The van der Waals surface area contributed by atoms with Crippen LogP contribution in [0.3, 0.4) is 0 Å². The summed E-state index contributed by atoms with van der Waals surface area (Å²) in [7, 11) is 0. The maximum absolute atomic E-state index is 13.1. The molecule has 2 aliphatic rings. The van der Waals surface area contributed by atoms with E-state index in [4.69, 9.17) is 5.11 Å². The van der Waals surface area contributed by atoms with Gasteiger partial charge < -0.3 is 19.9 Å². The smallest absolute Gasteiger partial charge is 0.335 e. The van der Waals surface area contributed by atoms with Crippen LogP contribution in [0.5, 0.6) is 0 Å². The topological polar surface area (TPSA) is 102 Å². The molecule has 8 heteroatoms. The SMILES string of the molecule is O=C(O)c1ccc(CCC(=O)N2CCC[C@@H]3[C@H]2CCN3c2ncnc3[nH]ccc23)cc1. The number of carboxylic acids is 1. The summed E-state index contributed by atoms with van der Waals surface area (Å²) in [5.41, 5.74) is 2.09. The van der Waals surface area contributed by atoms with Crippen molar-refractivity contribution in [3.8, 4) is 0 Å². The van der Waals surface area contributed by atoms with Gasteiger partial charge in [-0.1, -0.05) is 12.1 Å². The van der Waals surface area contributed by atoms with Gasteiger partial charge in [-0.25, -0.2) is 14.8 Å². The Labute approximate surface area is 179 Å². The van der Waals surface area contributed by atoms with E-state index < -0.39 is 5.97 Å². The van der Waals surface area contributed by atoms with Gasteiger partial charge in [0.1, 0.15) is 17.8 Å². The van der Waals surface area contributed by atoms with Gasteiger partial charge in [0.05, 0.1) is 23.0 Å². The van der Waals surface area contributed by atoms with E-state index in [2.05, 4.69) is 24.8 Å². The van der Waals surface area contributed by atoms with E-state index in [-0.39, 0.29) is 23.6 Å². The minimum absolute atomic E-state index is 0.174. The van der Waals surface area contributed by atoms with Gasteiger partial charge in [0.2, 0.25) is 5.91 Å². The number of likely N-dealkylation sites (tertiary alicyclic amines) is 1. The van der Waals surface area contributed by atoms with E-state index in [9.17, 15) is 9.59 Å². The average Bonchev–Trinajstić information content (AvgIpc) is 3.44. The van der Waals surface area contributed by atoms with Crippen molar-refractivity contribution in [2.45, 2.75) is 44.2 Å². The van der Waals surface area contributed by atoms with Gasteiger partial charge in [0, 0.05) is 25.7 Å². The van der Waals surface area contributed by atoms with Crippen molar-refractivity contribution in [3.63, 3.8) is 0 Å². The van der Waals surface area contributed by atoms with Crippen molar-refractivity contribution in [1.29, 1.82) is 0 Å². The zero-order chi connectivity index (χ0) is 21.4. The first-order valence-corrected chi connectivity index (χ1v) is 10.8. The predicted molar refractivity (Wildman–Crippen MR) is 116 cm³/mol. The lowest BCUT2D eigenvalue weighted by molar-refractivity contribution is -0.134. The number of fused-ring (bicyclic) bond motifs is 2. The highest BCUT2D eigenvalue weighted by atomic mass is 16.4. The van der Waals surface area contributed by atoms with Crippen molar-refractivity contribution in [1.82, 2.24) is 19.9 Å². The molecule has 2 fully saturated rings. The number of benzene rings is 1. The summed E-state index contributed by atoms with van der Waals surface area (Å²) in [5.74, 6) is 0.188. The van der Waals surface area contributed by atoms with Crippen LogP contribution in [0.2, 0.25) is 0 Å². The number of aromatic carboxylic acids is 1. The van der Waals surface area contributed by atoms with E-state index in [1.165, 1.54) is 0 Å². The number of anilines is 1. The van der Waals surface area contributed by atoms with Gasteiger partial charge >= 0.3 is 5.97 Å². The first kappa shape index (κ1) is 19.5. The molecule has 160 valence electrons. The number of hydrogen-bond acceptors (Lipinski definition) is 5. The quantitative estimate of drug-likeness (QED) is 0.659. The molecule has 0 bridgehead atoms. The highest BCUT2D eigenvalue weighted by molar-refractivity contribution is 5.88. The lowest BCUT2D eigenvalue weighted by atomic mass is 9.95. The van der Waals surface area contributed by atoms with Gasteiger partial charge in [0.25, 0.3) is 0 Å². The number of carboxylic acid groups (broad SMARTS) is 1. The first-order valence-electron chi connectivity index (χ1n) is 10.8. The molecule has 2 saturated heterocycles. The highest BCUT2D eigenvalue weighted by Crippen LogP contribution is 2.36. The molecule has 2 aromatic heterocycles. The average molecular weight is 419 g/mol. The van der Waals surface area contributed by atoms with Crippen LogP contribution in [0, 0.1) is 0 Å². The zero-order valence-corrected chi connectivity index (χ0v) is 17.2. The number of hydrogen-bond donors (Lipinski definition) is 2. The van der Waals surface area contributed by atoms with E-state index in [1.807, 2.05) is 12.3 Å². The first-order chi connectivity index (χ1) is 15.1. The Morgan fingerprint density at radius 1 is 1.06 bits per heavy atom. The molecule has 0 spiro atoms. The summed E-state index contributed by atoms with van der Waals surface area (Å²) < 4.78 is 0. The molecule has 0 aliphatic carbocycles. The minimum Gasteiger partial charge on any atom is -0.478 e. The second kappa shape index (κ2) is 8.02. The Bertz CT molecular complexity index is 1110. The molecular weight excluding hydrogens is 394 g/mol.